The molecule has 1 amide bonds. The molecule has 0 saturated carbocycles. The first-order chi connectivity index (χ1) is 11.6. The van der Waals surface area contributed by atoms with Crippen LogP contribution in [0.4, 0.5) is 6.01 Å². The maximum Gasteiger partial charge on any atom is 0.322 e. The quantitative estimate of drug-likeness (QED) is 0.789. The molecule has 0 aliphatic carbocycles. The minimum absolute atomic E-state index is 0.00548. The van der Waals surface area contributed by atoms with E-state index in [9.17, 15) is 4.79 Å². The molecule has 122 valence electrons. The van der Waals surface area contributed by atoms with E-state index in [-0.39, 0.29) is 24.6 Å². The molecule has 0 bridgehead atoms. The van der Waals surface area contributed by atoms with Gasteiger partial charge in [0.15, 0.2) is 11.5 Å². The number of nitrogens with one attached hydrogen (secondary N) is 1. The molecule has 2 aromatic heterocycles. The zero-order valence-electron chi connectivity index (χ0n) is 13.0. The van der Waals surface area contributed by atoms with Gasteiger partial charge in [0, 0.05) is 5.56 Å². The number of aryl methyl sites for hydroxylation is 2. The number of rotatable bonds is 3. The molecule has 0 fully saturated rings. The van der Waals surface area contributed by atoms with Crippen molar-refractivity contribution >= 4 is 11.9 Å². The van der Waals surface area contributed by atoms with Crippen molar-refractivity contribution in [2.45, 2.75) is 13.8 Å². The number of nitrogens with zero attached hydrogens (tertiary/aromatic N) is 2. The molecule has 1 N–H and O–H groups in total. The average molecular weight is 327 g/mol. The molecule has 0 saturated heterocycles. The first-order valence-electron chi connectivity index (χ1n) is 7.22. The molecule has 4 rings (SSSR count). The third-order valence-electron chi connectivity index (χ3n) is 3.55. The van der Waals surface area contributed by atoms with Crippen molar-refractivity contribution < 1.29 is 23.1 Å². The van der Waals surface area contributed by atoms with E-state index in [0.717, 1.165) is 0 Å². The number of aromatic nitrogens is 2. The van der Waals surface area contributed by atoms with E-state index in [2.05, 4.69) is 15.5 Å². The Bertz CT molecular complexity index is 928. The van der Waals surface area contributed by atoms with Crippen molar-refractivity contribution in [3.8, 4) is 23.0 Å². The lowest BCUT2D eigenvalue weighted by Crippen LogP contribution is -2.12. The Morgan fingerprint density at radius 2 is 1.92 bits per heavy atom. The molecule has 0 radical (unpaired) electrons. The van der Waals surface area contributed by atoms with Crippen molar-refractivity contribution in [2.75, 3.05) is 12.1 Å². The summed E-state index contributed by atoms with van der Waals surface area (Å²) in [5, 5.41) is 10.3. The van der Waals surface area contributed by atoms with Gasteiger partial charge in [-0.1, -0.05) is 5.10 Å². The number of carbonyl (C=O) groups excluding carboxylic acids is 1. The summed E-state index contributed by atoms with van der Waals surface area (Å²) in [5.74, 6) is 2.36. The number of furan rings is 1. The Morgan fingerprint density at radius 1 is 1.08 bits per heavy atom. The summed E-state index contributed by atoms with van der Waals surface area (Å²) in [6.07, 6.45) is 0. The van der Waals surface area contributed by atoms with E-state index < -0.39 is 0 Å². The standard InChI is InChI=1S/C16H13N3O5/c1-8-5-11(9(2)23-8)14(20)17-16-19-18-15(24-16)10-3-4-12-13(6-10)22-7-21-12/h3-6H,7H2,1-2H3,(H,17,19,20). The van der Waals surface area contributed by atoms with Crippen LogP contribution >= 0.6 is 0 Å². The van der Waals surface area contributed by atoms with Gasteiger partial charge in [0.05, 0.1) is 5.56 Å². The molecule has 0 atom stereocenters. The maximum atomic E-state index is 12.2. The van der Waals surface area contributed by atoms with Crippen LogP contribution in [0.25, 0.3) is 11.5 Å². The van der Waals surface area contributed by atoms with Gasteiger partial charge in [0.2, 0.25) is 12.7 Å². The zero-order chi connectivity index (χ0) is 16.7. The fourth-order valence-corrected chi connectivity index (χ4v) is 2.44. The number of ether oxygens (including phenoxy) is 2. The van der Waals surface area contributed by atoms with Crippen molar-refractivity contribution in [2.24, 2.45) is 0 Å². The number of carbonyl (C=O) groups is 1. The Morgan fingerprint density at radius 3 is 2.71 bits per heavy atom. The summed E-state index contributed by atoms with van der Waals surface area (Å²) >= 11 is 0. The SMILES string of the molecule is Cc1cc(C(=O)Nc2nnc(-c3ccc4c(c3)OCO4)o2)c(C)o1. The molecule has 8 nitrogen and oxygen atoms in total. The predicted molar refractivity (Wildman–Crippen MR) is 82.0 cm³/mol. The fourth-order valence-electron chi connectivity index (χ4n) is 2.44. The summed E-state index contributed by atoms with van der Waals surface area (Å²) < 4.78 is 21.4. The highest BCUT2D eigenvalue weighted by Crippen LogP contribution is 2.35. The highest BCUT2D eigenvalue weighted by molar-refractivity contribution is 6.03. The molecule has 1 aliphatic heterocycles. The normalized spacial score (nSPS) is 12.4. The monoisotopic (exact) mass is 327 g/mol. The van der Waals surface area contributed by atoms with Gasteiger partial charge in [-0.05, 0) is 38.1 Å². The summed E-state index contributed by atoms with van der Waals surface area (Å²) in [7, 11) is 0. The van der Waals surface area contributed by atoms with Crippen LogP contribution in [0.1, 0.15) is 21.9 Å². The topological polar surface area (TPSA) is 99.6 Å². The Kier molecular flexibility index (Phi) is 3.23. The van der Waals surface area contributed by atoms with Gasteiger partial charge in [-0.2, -0.15) is 0 Å². The fraction of sp³-hybridized carbons (Fsp3) is 0.188. The third-order valence-corrected chi connectivity index (χ3v) is 3.55. The zero-order valence-corrected chi connectivity index (χ0v) is 13.0. The van der Waals surface area contributed by atoms with E-state index >= 15 is 0 Å². The lowest BCUT2D eigenvalue weighted by molar-refractivity contribution is 0.102. The van der Waals surface area contributed by atoms with Crippen LogP contribution in [-0.4, -0.2) is 22.9 Å². The molecule has 1 aliphatic rings. The van der Waals surface area contributed by atoms with E-state index in [1.807, 2.05) is 0 Å². The van der Waals surface area contributed by atoms with Crippen LogP contribution < -0.4 is 14.8 Å². The van der Waals surface area contributed by atoms with Gasteiger partial charge >= 0.3 is 6.01 Å². The molecule has 0 unspecified atom stereocenters. The van der Waals surface area contributed by atoms with Crippen molar-refractivity contribution in [3.63, 3.8) is 0 Å². The number of hydrogen-bond acceptors (Lipinski definition) is 7. The van der Waals surface area contributed by atoms with E-state index in [1.165, 1.54) is 0 Å². The minimum atomic E-state index is -0.370. The Labute approximate surface area is 136 Å². The largest absolute Gasteiger partial charge is 0.466 e. The maximum absolute atomic E-state index is 12.2. The highest BCUT2D eigenvalue weighted by Gasteiger charge is 2.19. The van der Waals surface area contributed by atoms with Gasteiger partial charge in [-0.3, -0.25) is 10.1 Å². The van der Waals surface area contributed by atoms with Gasteiger partial charge in [0.1, 0.15) is 11.5 Å². The second-order valence-corrected chi connectivity index (χ2v) is 5.26. The Hall–Kier alpha value is -3.29. The molecule has 24 heavy (non-hydrogen) atoms. The summed E-state index contributed by atoms with van der Waals surface area (Å²) in [6.45, 7) is 3.68. The lowest BCUT2D eigenvalue weighted by atomic mass is 10.2. The van der Waals surface area contributed by atoms with Crippen molar-refractivity contribution in [3.05, 3.63) is 41.3 Å². The predicted octanol–water partition coefficient (Wildman–Crippen LogP) is 2.93. The Balaban J connectivity index is 1.55. The summed E-state index contributed by atoms with van der Waals surface area (Å²) in [5.41, 5.74) is 1.10. The smallest absolute Gasteiger partial charge is 0.322 e. The van der Waals surface area contributed by atoms with Gasteiger partial charge < -0.3 is 18.3 Å². The average Bonchev–Trinajstić information content (AvgIpc) is 3.26. The minimum Gasteiger partial charge on any atom is -0.466 e. The van der Waals surface area contributed by atoms with Crippen molar-refractivity contribution in [1.29, 1.82) is 0 Å². The number of benzene rings is 1. The molecule has 0 spiro atoms. The van der Waals surface area contributed by atoms with Crippen LogP contribution in [0.3, 0.4) is 0 Å². The van der Waals surface area contributed by atoms with Crippen LogP contribution in [0, 0.1) is 13.8 Å². The lowest BCUT2D eigenvalue weighted by Gasteiger charge is -1.99. The van der Waals surface area contributed by atoms with E-state index in [0.29, 0.717) is 34.1 Å². The molecular formula is C16H13N3O5. The van der Waals surface area contributed by atoms with Crippen LogP contribution in [0.15, 0.2) is 33.1 Å². The number of hydrogen-bond donors (Lipinski definition) is 1. The van der Waals surface area contributed by atoms with Gasteiger partial charge in [0.25, 0.3) is 5.91 Å². The van der Waals surface area contributed by atoms with Crippen molar-refractivity contribution in [1.82, 2.24) is 10.2 Å². The molecule has 3 heterocycles. The summed E-state index contributed by atoms with van der Waals surface area (Å²) in [4.78, 5) is 12.2. The van der Waals surface area contributed by atoms with Gasteiger partial charge in [-0.15, -0.1) is 5.10 Å². The molecule has 3 aromatic rings. The van der Waals surface area contributed by atoms with Crippen LogP contribution in [0.2, 0.25) is 0 Å². The molecule has 1 aromatic carbocycles. The number of amides is 1. The number of anilines is 1. The van der Waals surface area contributed by atoms with Crippen LogP contribution in [-0.2, 0) is 0 Å². The molecular weight excluding hydrogens is 314 g/mol. The third kappa shape index (κ3) is 2.47. The highest BCUT2D eigenvalue weighted by atomic mass is 16.7. The first kappa shape index (κ1) is 14.3. The van der Waals surface area contributed by atoms with E-state index in [1.54, 1.807) is 38.1 Å². The number of fused-ring (bicyclic) bond motifs is 1. The first-order valence-corrected chi connectivity index (χ1v) is 7.22. The summed E-state index contributed by atoms with van der Waals surface area (Å²) in [6, 6.07) is 6.93. The second kappa shape index (κ2) is 5.41. The molecule has 8 heteroatoms. The van der Waals surface area contributed by atoms with Crippen LogP contribution in [0.5, 0.6) is 11.5 Å². The van der Waals surface area contributed by atoms with E-state index in [4.69, 9.17) is 18.3 Å². The second-order valence-electron chi connectivity index (χ2n) is 5.26. The van der Waals surface area contributed by atoms with Gasteiger partial charge in [-0.25, -0.2) is 0 Å².